The van der Waals surface area contributed by atoms with Gasteiger partial charge in [-0.15, -0.1) is 0 Å². The van der Waals surface area contributed by atoms with Crippen LogP contribution in [0.2, 0.25) is 6.04 Å². The first-order valence-corrected chi connectivity index (χ1v) is 31.8. The molecule has 0 rings (SSSR count). The third kappa shape index (κ3) is 34.2. The van der Waals surface area contributed by atoms with Crippen molar-refractivity contribution in [2.45, 2.75) is 151 Å². The minimum atomic E-state index is -4.91. The molecule has 0 amide bonds. The minimum Gasteiger partial charge on any atom is -0.748 e. The average molecular weight is 1130 g/mol. The Labute approximate surface area is 430 Å². The summed E-state index contributed by atoms with van der Waals surface area (Å²) in [7, 11) is -14.8. The van der Waals surface area contributed by atoms with Crippen LogP contribution in [0, 0.1) is 0 Å². The fourth-order valence-electron chi connectivity index (χ4n) is 7.65. The summed E-state index contributed by atoms with van der Waals surface area (Å²) in [4.78, 5) is 0. The highest BCUT2D eigenvalue weighted by Crippen LogP contribution is 2.26. The van der Waals surface area contributed by atoms with Crippen LogP contribution in [-0.2, 0) is 43.6 Å². The summed E-state index contributed by atoms with van der Waals surface area (Å²) in [6.45, 7) is -6.31. The van der Waals surface area contributed by atoms with E-state index in [4.69, 9.17) is 13.3 Å². The van der Waals surface area contributed by atoms with E-state index < -0.39 is 170 Å². The lowest BCUT2D eigenvalue weighted by Gasteiger charge is -2.41. The highest BCUT2D eigenvalue weighted by atomic mass is 32.2. The molecule has 0 aliphatic rings. The summed E-state index contributed by atoms with van der Waals surface area (Å²) >= 11 is 0. The number of hydrogen-bond acceptors (Lipinski definition) is 22. The van der Waals surface area contributed by atoms with Gasteiger partial charge in [0.2, 0.25) is 0 Å². The fourth-order valence-corrected chi connectivity index (χ4v) is 12.2. The normalized spacial score (nSPS) is 15.7. The van der Waals surface area contributed by atoms with Crippen LogP contribution in [0.1, 0.15) is 110 Å². The molecule has 3 atom stereocenters. The van der Waals surface area contributed by atoms with Gasteiger partial charge in [-0.25, -0.2) is 8.42 Å². The Morgan fingerprint density at radius 3 is 1.04 bits per heavy atom. The molecule has 0 aromatic heterocycles. The molecular weight excluding hydrogens is 1030 g/mol. The van der Waals surface area contributed by atoms with Crippen LogP contribution < -0.4 is 16.0 Å². The molecule has 0 aliphatic heterocycles. The Morgan fingerprint density at radius 1 is 0.486 bits per heavy atom. The second kappa shape index (κ2) is 36.4. The standard InChI is InChI=1S/C43H94N4O21S3Si/c1-4-5-6-7-8-9-10-11-12-13-14-15-16-17-18-20-47(2,3)21-19-22-72(66-35-41(29-48,30-49)44-23-38(54)26-69(57,58)59,67-36-42(31-50,32-51)45-24-39(55)27-70(60,61)62)68-37-43(33-52,34-53)46-25-40(56)28-71(63,64)65/h38-40,44-46,48-56H,4-37H2,1-3H3,(H2-,57,58,59,60,61,62,63,64,65). The number of nitrogens with one attached hydrogen (secondary N) is 3. The first-order valence-electron chi connectivity index (χ1n) is 25.1. The molecule has 3 unspecified atom stereocenters. The predicted molar refractivity (Wildman–Crippen MR) is 270 cm³/mol. The molecule has 0 bridgehead atoms. The molecule has 14 N–H and O–H groups in total. The van der Waals surface area contributed by atoms with E-state index in [9.17, 15) is 84.9 Å². The lowest BCUT2D eigenvalue weighted by Crippen LogP contribution is -2.64. The summed E-state index contributed by atoms with van der Waals surface area (Å²) in [5.74, 6) is -3.45. The van der Waals surface area contributed by atoms with Crippen molar-refractivity contribution >= 4 is 39.2 Å². The minimum absolute atomic E-state index is 0.145. The summed E-state index contributed by atoms with van der Waals surface area (Å²) in [5, 5.41) is 102. The van der Waals surface area contributed by atoms with Gasteiger partial charge in [-0.1, -0.05) is 90.4 Å². The number of hydrogen-bond donors (Lipinski definition) is 14. The molecule has 434 valence electrons. The molecule has 0 radical (unpaired) electrons. The van der Waals surface area contributed by atoms with Gasteiger partial charge in [-0.3, -0.25) is 9.11 Å². The lowest BCUT2D eigenvalue weighted by atomic mass is 10.0. The van der Waals surface area contributed by atoms with Crippen molar-refractivity contribution < 1.29 is 103 Å². The second-order valence-electron chi connectivity index (χ2n) is 20.1. The van der Waals surface area contributed by atoms with Crippen LogP contribution in [0.3, 0.4) is 0 Å². The Morgan fingerprint density at radius 2 is 0.764 bits per heavy atom. The van der Waals surface area contributed by atoms with E-state index in [0.717, 1.165) is 32.2 Å². The smallest absolute Gasteiger partial charge is 0.501 e. The Balaban J connectivity index is 6.69. The van der Waals surface area contributed by atoms with Gasteiger partial charge in [0.25, 0.3) is 20.2 Å². The summed E-state index contributed by atoms with van der Waals surface area (Å²) < 4.78 is 118. The number of nitrogens with zero attached hydrogens (tertiary/aromatic N) is 1. The zero-order chi connectivity index (χ0) is 55.0. The number of unbranched alkanes of at least 4 members (excludes halogenated alkanes) is 14. The highest BCUT2D eigenvalue weighted by molar-refractivity contribution is 7.86. The van der Waals surface area contributed by atoms with Crippen LogP contribution >= 0.6 is 0 Å². The van der Waals surface area contributed by atoms with Crippen molar-refractivity contribution in [2.24, 2.45) is 0 Å². The monoisotopic (exact) mass is 1130 g/mol. The maximum atomic E-state index is 11.4. The van der Waals surface area contributed by atoms with E-state index in [2.05, 4.69) is 22.9 Å². The first-order chi connectivity index (χ1) is 33.6. The average Bonchev–Trinajstić information content (AvgIpc) is 3.29. The van der Waals surface area contributed by atoms with Gasteiger partial charge in [0.1, 0.15) is 11.5 Å². The van der Waals surface area contributed by atoms with E-state index >= 15 is 0 Å². The zero-order valence-electron chi connectivity index (χ0n) is 42.9. The van der Waals surface area contributed by atoms with Crippen LogP contribution in [-0.4, -0.2) is 257 Å². The van der Waals surface area contributed by atoms with Crippen molar-refractivity contribution in [3.63, 3.8) is 0 Å². The van der Waals surface area contributed by atoms with Crippen LogP contribution in [0.25, 0.3) is 0 Å². The van der Waals surface area contributed by atoms with Crippen LogP contribution in [0.15, 0.2) is 0 Å². The molecule has 72 heavy (non-hydrogen) atoms. The third-order valence-corrected chi connectivity index (χ3v) is 17.6. The first kappa shape index (κ1) is 71.3. The molecule has 0 saturated heterocycles. The molecule has 0 heterocycles. The highest BCUT2D eigenvalue weighted by Gasteiger charge is 2.49. The molecule has 0 fully saturated rings. The Bertz CT molecular complexity index is 1570. The van der Waals surface area contributed by atoms with Gasteiger partial charge < -0.3 is 84.2 Å². The van der Waals surface area contributed by atoms with Crippen molar-refractivity contribution in [1.29, 1.82) is 0 Å². The van der Waals surface area contributed by atoms with Gasteiger partial charge in [-0.05, 0) is 12.8 Å². The Kier molecular flexibility index (Phi) is 36.1. The molecular formula is C43H94N4O21S3Si. The second-order valence-corrected chi connectivity index (χ2v) is 27.3. The largest absolute Gasteiger partial charge is 0.748 e. The molecule has 29 heteroatoms. The number of rotatable bonds is 50. The molecule has 0 aromatic carbocycles. The summed E-state index contributed by atoms with van der Waals surface area (Å²) in [6.07, 6.45) is 13.1. The van der Waals surface area contributed by atoms with Crippen LogP contribution in [0.5, 0.6) is 0 Å². The van der Waals surface area contributed by atoms with Gasteiger partial charge in [0.15, 0.2) is 0 Å². The number of β-amino-alcohol motifs (C(OH)–C–C–N with tert-alkyl or cyclic N) is 3. The number of aliphatic hydroxyl groups is 9. The van der Waals surface area contributed by atoms with Gasteiger partial charge in [0, 0.05) is 32.1 Å². The quantitative estimate of drug-likeness (QED) is 0.0131. The van der Waals surface area contributed by atoms with Crippen molar-refractivity contribution in [2.75, 3.05) is 124 Å². The lowest BCUT2D eigenvalue weighted by molar-refractivity contribution is -0.890. The predicted octanol–water partition coefficient (Wildman–Crippen LogP) is -2.34. The molecule has 0 spiro atoms. The van der Waals surface area contributed by atoms with E-state index in [1.54, 1.807) is 0 Å². The summed E-state index contributed by atoms with van der Waals surface area (Å²) in [5.41, 5.74) is -5.74. The van der Waals surface area contributed by atoms with Crippen molar-refractivity contribution in [1.82, 2.24) is 16.0 Å². The van der Waals surface area contributed by atoms with Gasteiger partial charge in [0.05, 0.1) is 137 Å². The van der Waals surface area contributed by atoms with Gasteiger partial charge >= 0.3 is 8.80 Å². The van der Waals surface area contributed by atoms with Crippen molar-refractivity contribution in [3.8, 4) is 0 Å². The maximum Gasteiger partial charge on any atom is 0.501 e. The molecule has 0 saturated carbocycles. The third-order valence-electron chi connectivity index (χ3n) is 12.5. The SMILES string of the molecule is CCCCCCCCCCCCCCCCC[N+](C)(C)CCC[Si](OCC(CO)(CO)NCC(O)CS(=O)(=O)[O-])(OCC(CO)(CO)NCC(O)CS(=O)(=O)O)OCC(CO)(CO)NCC(O)CS(=O)(=O)O. The van der Waals surface area contributed by atoms with Crippen LogP contribution in [0.4, 0.5) is 0 Å². The van der Waals surface area contributed by atoms with Gasteiger partial charge in [-0.2, -0.15) is 16.8 Å². The van der Waals surface area contributed by atoms with E-state index in [-0.39, 0.29) is 12.5 Å². The zero-order valence-corrected chi connectivity index (χ0v) is 46.4. The molecule has 25 nitrogen and oxygen atoms in total. The fraction of sp³-hybridized carbons (Fsp3) is 1.00. The van der Waals surface area contributed by atoms with E-state index in [0.29, 0.717) is 11.0 Å². The Hall–Kier alpha value is -0.693. The summed E-state index contributed by atoms with van der Waals surface area (Å²) in [6, 6.07) is -0.145. The maximum absolute atomic E-state index is 11.4. The molecule has 0 aliphatic carbocycles. The van der Waals surface area contributed by atoms with Crippen molar-refractivity contribution in [3.05, 3.63) is 0 Å². The van der Waals surface area contributed by atoms with E-state index in [1.807, 2.05) is 14.1 Å². The topological polar surface area (TPSA) is 412 Å². The molecule has 0 aromatic rings. The number of quaternary nitrogens is 1. The number of aliphatic hydroxyl groups excluding tert-OH is 9. The van der Waals surface area contributed by atoms with E-state index in [1.165, 1.54) is 70.6 Å².